The van der Waals surface area contributed by atoms with Gasteiger partial charge in [0.2, 0.25) is 0 Å². The lowest BCUT2D eigenvalue weighted by molar-refractivity contribution is -0.385. The Morgan fingerprint density at radius 3 is 2.67 bits per heavy atom. The number of methoxy groups -OCH3 is 1. The number of hydrogen-bond acceptors (Lipinski definition) is 5. The van der Waals surface area contributed by atoms with E-state index < -0.39 is 23.3 Å². The van der Waals surface area contributed by atoms with Crippen molar-refractivity contribution in [1.82, 2.24) is 0 Å². The number of nitrogens with zero attached hydrogens (tertiary/aromatic N) is 1. The molecule has 0 fully saturated rings. The monoisotopic (exact) mass is 334 g/mol. The van der Waals surface area contributed by atoms with Crippen LogP contribution in [0.4, 0.5) is 15.8 Å². The molecule has 0 unspecified atom stereocenters. The van der Waals surface area contributed by atoms with Crippen molar-refractivity contribution in [3.63, 3.8) is 0 Å². The average Bonchev–Trinajstić information content (AvgIpc) is 2.56. The van der Waals surface area contributed by atoms with E-state index in [1.165, 1.54) is 37.4 Å². The first kappa shape index (κ1) is 17.2. The minimum atomic E-state index is -0.634. The Labute approximate surface area is 137 Å². The molecular formula is C16H15FN2O5. The number of hydrogen-bond donors (Lipinski definition) is 1. The van der Waals surface area contributed by atoms with Crippen LogP contribution in [0.1, 0.15) is 5.56 Å². The molecule has 2 rings (SSSR count). The van der Waals surface area contributed by atoms with E-state index in [2.05, 4.69) is 5.32 Å². The molecule has 126 valence electrons. The Bertz CT molecular complexity index is 779. The molecule has 0 aliphatic heterocycles. The third kappa shape index (κ3) is 4.19. The van der Waals surface area contributed by atoms with Gasteiger partial charge in [-0.2, -0.15) is 0 Å². The highest BCUT2D eigenvalue weighted by molar-refractivity contribution is 5.91. The van der Waals surface area contributed by atoms with Crippen LogP contribution in [0.15, 0.2) is 36.4 Å². The van der Waals surface area contributed by atoms with E-state index in [-0.39, 0.29) is 17.1 Å². The van der Waals surface area contributed by atoms with Crippen LogP contribution >= 0.6 is 0 Å². The first-order valence-corrected chi connectivity index (χ1v) is 6.92. The highest BCUT2D eigenvalue weighted by atomic mass is 19.1. The molecule has 0 bridgehead atoms. The highest BCUT2D eigenvalue weighted by Gasteiger charge is 2.17. The third-order valence-electron chi connectivity index (χ3n) is 3.18. The van der Waals surface area contributed by atoms with E-state index in [4.69, 9.17) is 9.47 Å². The number of ether oxygens (including phenoxy) is 2. The van der Waals surface area contributed by atoms with E-state index >= 15 is 0 Å². The van der Waals surface area contributed by atoms with Gasteiger partial charge in [0.15, 0.2) is 12.4 Å². The predicted octanol–water partition coefficient (Wildman–Crippen LogP) is 3.07. The number of aryl methyl sites for hydroxylation is 1. The summed E-state index contributed by atoms with van der Waals surface area (Å²) in [5.41, 5.74) is 0.414. The topological polar surface area (TPSA) is 90.7 Å². The molecule has 0 saturated heterocycles. The van der Waals surface area contributed by atoms with Gasteiger partial charge in [-0.3, -0.25) is 14.9 Å². The maximum absolute atomic E-state index is 13.4. The summed E-state index contributed by atoms with van der Waals surface area (Å²) in [6, 6.07) is 8.28. The first-order valence-electron chi connectivity index (χ1n) is 6.92. The highest BCUT2D eigenvalue weighted by Crippen LogP contribution is 2.30. The van der Waals surface area contributed by atoms with Crippen LogP contribution in [0.25, 0.3) is 0 Å². The van der Waals surface area contributed by atoms with Gasteiger partial charge in [-0.05, 0) is 36.8 Å². The zero-order chi connectivity index (χ0) is 17.7. The number of anilines is 1. The Hall–Kier alpha value is -3.16. The lowest BCUT2D eigenvalue weighted by atomic mass is 10.2. The molecule has 0 saturated carbocycles. The van der Waals surface area contributed by atoms with Gasteiger partial charge in [-0.1, -0.05) is 6.07 Å². The average molecular weight is 334 g/mol. The van der Waals surface area contributed by atoms with Crippen molar-refractivity contribution in [3.8, 4) is 11.5 Å². The minimum absolute atomic E-state index is 0.0639. The second kappa shape index (κ2) is 7.40. The van der Waals surface area contributed by atoms with Crippen LogP contribution in [0.2, 0.25) is 0 Å². The number of rotatable bonds is 6. The largest absolute Gasteiger partial charge is 0.496 e. The molecule has 2 aromatic rings. The normalized spacial score (nSPS) is 10.1. The quantitative estimate of drug-likeness (QED) is 0.647. The van der Waals surface area contributed by atoms with Crippen LogP contribution in [0.3, 0.4) is 0 Å². The maximum Gasteiger partial charge on any atom is 0.314 e. The van der Waals surface area contributed by atoms with Crippen molar-refractivity contribution in [1.29, 1.82) is 0 Å². The molecule has 0 aliphatic rings. The lowest BCUT2D eigenvalue weighted by Crippen LogP contribution is -2.20. The fourth-order valence-electron chi connectivity index (χ4n) is 1.90. The number of nitrogens with one attached hydrogen (secondary N) is 1. The Morgan fingerprint density at radius 2 is 2.04 bits per heavy atom. The van der Waals surface area contributed by atoms with Crippen molar-refractivity contribution < 1.29 is 23.6 Å². The molecule has 0 spiro atoms. The van der Waals surface area contributed by atoms with Crippen LogP contribution in [-0.4, -0.2) is 24.5 Å². The molecule has 0 aliphatic carbocycles. The van der Waals surface area contributed by atoms with Crippen LogP contribution in [0, 0.1) is 22.9 Å². The first-order chi connectivity index (χ1) is 11.4. The second-order valence-electron chi connectivity index (χ2n) is 4.89. The number of carbonyl (C=O) groups is 1. The number of amides is 1. The SMILES string of the molecule is COc1ccc(OCC(=O)Nc2ccc(C)c(F)c2)c([N+](=O)[O-])c1. The maximum atomic E-state index is 13.4. The predicted molar refractivity (Wildman–Crippen MR) is 84.9 cm³/mol. The van der Waals surface area contributed by atoms with Crippen molar-refractivity contribution in [2.45, 2.75) is 6.92 Å². The molecule has 1 amide bonds. The Balaban J connectivity index is 2.03. The summed E-state index contributed by atoms with van der Waals surface area (Å²) in [6.07, 6.45) is 0. The van der Waals surface area contributed by atoms with Crippen LogP contribution in [0.5, 0.6) is 11.5 Å². The van der Waals surface area contributed by atoms with Crippen molar-refractivity contribution in [3.05, 3.63) is 57.9 Å². The molecule has 2 aromatic carbocycles. The van der Waals surface area contributed by atoms with Gasteiger partial charge in [0.1, 0.15) is 11.6 Å². The summed E-state index contributed by atoms with van der Waals surface area (Å²) in [6.45, 7) is 1.15. The molecule has 0 atom stereocenters. The zero-order valence-corrected chi connectivity index (χ0v) is 13.0. The summed E-state index contributed by atoms with van der Waals surface area (Å²) in [4.78, 5) is 22.2. The van der Waals surface area contributed by atoms with Crippen LogP contribution in [-0.2, 0) is 4.79 Å². The van der Waals surface area contributed by atoms with Gasteiger partial charge < -0.3 is 14.8 Å². The molecule has 0 aromatic heterocycles. The molecule has 1 N–H and O–H groups in total. The van der Waals surface area contributed by atoms with Crippen molar-refractivity contribution >= 4 is 17.3 Å². The van der Waals surface area contributed by atoms with Gasteiger partial charge in [-0.15, -0.1) is 0 Å². The number of nitro benzene ring substituents is 1. The number of nitro groups is 1. The molecule has 8 heteroatoms. The van der Waals surface area contributed by atoms with E-state index in [1.807, 2.05) is 0 Å². The van der Waals surface area contributed by atoms with Crippen LogP contribution < -0.4 is 14.8 Å². The fraction of sp³-hybridized carbons (Fsp3) is 0.188. The second-order valence-corrected chi connectivity index (χ2v) is 4.89. The zero-order valence-electron chi connectivity index (χ0n) is 13.0. The third-order valence-corrected chi connectivity index (χ3v) is 3.18. The molecule has 0 radical (unpaired) electrons. The van der Waals surface area contributed by atoms with Gasteiger partial charge >= 0.3 is 5.69 Å². The van der Waals surface area contributed by atoms with Gasteiger partial charge in [0.05, 0.1) is 18.1 Å². The Morgan fingerprint density at radius 1 is 1.29 bits per heavy atom. The van der Waals surface area contributed by atoms with Gasteiger partial charge in [0, 0.05) is 5.69 Å². The summed E-state index contributed by atoms with van der Waals surface area (Å²) < 4.78 is 23.5. The molecule has 0 heterocycles. The van der Waals surface area contributed by atoms with Crippen molar-refractivity contribution in [2.75, 3.05) is 19.0 Å². The lowest BCUT2D eigenvalue weighted by Gasteiger charge is -2.09. The number of carbonyl (C=O) groups excluding carboxylic acids is 1. The van der Waals surface area contributed by atoms with Gasteiger partial charge in [-0.25, -0.2) is 4.39 Å². The molecular weight excluding hydrogens is 319 g/mol. The van der Waals surface area contributed by atoms with E-state index in [0.29, 0.717) is 11.3 Å². The van der Waals surface area contributed by atoms with E-state index in [0.717, 1.165) is 0 Å². The molecule has 24 heavy (non-hydrogen) atoms. The number of halogens is 1. The smallest absolute Gasteiger partial charge is 0.314 e. The fourth-order valence-corrected chi connectivity index (χ4v) is 1.90. The summed E-state index contributed by atoms with van der Waals surface area (Å²) in [5.74, 6) is -0.775. The summed E-state index contributed by atoms with van der Waals surface area (Å²) >= 11 is 0. The van der Waals surface area contributed by atoms with Gasteiger partial charge in [0.25, 0.3) is 5.91 Å². The Kier molecular flexibility index (Phi) is 5.31. The van der Waals surface area contributed by atoms with Crippen molar-refractivity contribution in [2.24, 2.45) is 0 Å². The minimum Gasteiger partial charge on any atom is -0.496 e. The van der Waals surface area contributed by atoms with E-state index in [1.54, 1.807) is 13.0 Å². The summed E-state index contributed by atoms with van der Waals surface area (Å²) in [5, 5.41) is 13.5. The van der Waals surface area contributed by atoms with E-state index in [9.17, 15) is 19.3 Å². The standard InChI is InChI=1S/C16H15FN2O5/c1-10-3-4-11(7-13(10)17)18-16(20)9-24-15-6-5-12(23-2)8-14(15)19(21)22/h3-8H,9H2,1-2H3,(H,18,20). The summed E-state index contributed by atoms with van der Waals surface area (Å²) in [7, 11) is 1.38. The molecule has 7 nitrogen and oxygen atoms in total. The number of benzene rings is 2.